The van der Waals surface area contributed by atoms with E-state index in [9.17, 15) is 0 Å². The highest BCUT2D eigenvalue weighted by atomic mass is 16.3. The first-order chi connectivity index (χ1) is 6.88. The molecule has 2 nitrogen and oxygen atoms in total. The van der Waals surface area contributed by atoms with Crippen LogP contribution in [0.3, 0.4) is 0 Å². The monoisotopic (exact) mass is 220 g/mol. The van der Waals surface area contributed by atoms with E-state index < -0.39 is 0 Å². The Kier molecular flexibility index (Phi) is 26.4. The van der Waals surface area contributed by atoms with Crippen LogP contribution in [0.4, 0.5) is 0 Å². The van der Waals surface area contributed by atoms with Gasteiger partial charge in [0.25, 0.3) is 0 Å². The second-order valence-corrected chi connectivity index (χ2v) is 4.25. The zero-order valence-electron chi connectivity index (χ0n) is 11.6. The summed E-state index contributed by atoms with van der Waals surface area (Å²) in [6.07, 6.45) is 6.68. The van der Waals surface area contributed by atoms with Gasteiger partial charge in [0.15, 0.2) is 0 Å². The lowest BCUT2D eigenvalue weighted by atomic mass is 10.2. The van der Waals surface area contributed by atoms with E-state index >= 15 is 0 Å². The molecule has 0 atom stereocenters. The summed E-state index contributed by atoms with van der Waals surface area (Å²) in [6.45, 7) is 11.4. The van der Waals surface area contributed by atoms with Crippen molar-refractivity contribution in [1.82, 2.24) is 0 Å². The minimum atomic E-state index is -0.167. The van der Waals surface area contributed by atoms with Crippen LogP contribution >= 0.6 is 0 Å². The van der Waals surface area contributed by atoms with Crippen molar-refractivity contribution in [3.63, 3.8) is 0 Å². The van der Waals surface area contributed by atoms with E-state index in [-0.39, 0.29) is 12.2 Å². The number of aliphatic hydroxyl groups excluding tert-OH is 2. The Labute approximate surface area is 96.7 Å². The summed E-state index contributed by atoms with van der Waals surface area (Å²) in [4.78, 5) is 0. The lowest BCUT2D eigenvalue weighted by Gasteiger charge is -1.90. The Morgan fingerprint density at radius 1 is 0.667 bits per heavy atom. The molecule has 0 aromatic heterocycles. The second-order valence-electron chi connectivity index (χ2n) is 4.25. The van der Waals surface area contributed by atoms with Crippen molar-refractivity contribution in [1.29, 1.82) is 0 Å². The Morgan fingerprint density at radius 3 is 1.00 bits per heavy atom. The molecule has 0 aliphatic heterocycles. The van der Waals surface area contributed by atoms with E-state index in [0.717, 1.165) is 0 Å². The van der Waals surface area contributed by atoms with Crippen molar-refractivity contribution in [2.24, 2.45) is 0 Å². The van der Waals surface area contributed by atoms with Gasteiger partial charge in [-0.15, -0.1) is 0 Å². The van der Waals surface area contributed by atoms with Gasteiger partial charge in [0.1, 0.15) is 0 Å². The van der Waals surface area contributed by atoms with E-state index in [2.05, 4.69) is 13.8 Å². The number of hydrogen-bond acceptors (Lipinski definition) is 2. The highest BCUT2D eigenvalue weighted by Crippen LogP contribution is 2.00. The number of aliphatic hydroxyl groups is 2. The van der Waals surface area contributed by atoms with Gasteiger partial charge in [-0.1, -0.05) is 46.0 Å². The number of hydrogen-bond donors (Lipinski definition) is 2. The maximum atomic E-state index is 8.06. The molecular formula is C13H32O2. The third-order valence-electron chi connectivity index (χ3n) is 1.21. The highest BCUT2D eigenvalue weighted by Gasteiger charge is 1.80. The molecule has 2 N–H and O–H groups in total. The molecule has 0 unspecified atom stereocenters. The van der Waals surface area contributed by atoms with Gasteiger partial charge >= 0.3 is 0 Å². The van der Waals surface area contributed by atoms with Crippen LogP contribution in [0.25, 0.3) is 0 Å². The standard InChI is InChI=1S/C7H16.2C3H8O/c1-3-5-7-6-4-2;2*1-3(2)4/h3-7H2,1-2H3;2*3-4H,1-2H3. The number of rotatable bonds is 4. The van der Waals surface area contributed by atoms with Gasteiger partial charge in [-0.2, -0.15) is 0 Å². The molecule has 2 heteroatoms. The maximum absolute atomic E-state index is 8.06. The van der Waals surface area contributed by atoms with E-state index in [1.165, 1.54) is 32.1 Å². The molecule has 0 aliphatic rings. The van der Waals surface area contributed by atoms with Crippen LogP contribution in [0, 0.1) is 0 Å². The lowest BCUT2D eigenvalue weighted by molar-refractivity contribution is 0.215. The quantitative estimate of drug-likeness (QED) is 0.708. The topological polar surface area (TPSA) is 40.5 Å². The summed E-state index contributed by atoms with van der Waals surface area (Å²) >= 11 is 0. The summed E-state index contributed by atoms with van der Waals surface area (Å²) in [5.74, 6) is 0. The van der Waals surface area contributed by atoms with Crippen molar-refractivity contribution in [3.8, 4) is 0 Å². The van der Waals surface area contributed by atoms with Crippen molar-refractivity contribution in [2.75, 3.05) is 0 Å². The first kappa shape index (κ1) is 20.3. The van der Waals surface area contributed by atoms with E-state index in [1.807, 2.05) is 0 Å². The average Bonchev–Trinajstić information content (AvgIpc) is 2.03. The van der Waals surface area contributed by atoms with Crippen LogP contribution < -0.4 is 0 Å². The Bertz CT molecular complexity index is 65.1. The fourth-order valence-electron chi connectivity index (χ4n) is 0.677. The summed E-state index contributed by atoms with van der Waals surface area (Å²) in [5, 5.41) is 16.1. The van der Waals surface area contributed by atoms with Gasteiger partial charge in [0, 0.05) is 12.2 Å². The van der Waals surface area contributed by atoms with Crippen molar-refractivity contribution in [2.45, 2.75) is 85.9 Å². The fraction of sp³-hybridized carbons (Fsp3) is 1.00. The lowest BCUT2D eigenvalue weighted by Crippen LogP contribution is -1.85. The summed E-state index contributed by atoms with van der Waals surface area (Å²) in [6, 6.07) is 0. The minimum Gasteiger partial charge on any atom is -0.394 e. The minimum absolute atomic E-state index is 0.167. The predicted molar refractivity (Wildman–Crippen MR) is 69.1 cm³/mol. The van der Waals surface area contributed by atoms with Gasteiger partial charge in [0.2, 0.25) is 0 Å². The van der Waals surface area contributed by atoms with Crippen molar-refractivity contribution < 1.29 is 10.2 Å². The molecule has 0 saturated carbocycles. The van der Waals surface area contributed by atoms with Crippen LogP contribution in [-0.4, -0.2) is 22.4 Å². The summed E-state index contributed by atoms with van der Waals surface area (Å²) in [7, 11) is 0. The van der Waals surface area contributed by atoms with Crippen LogP contribution in [0.15, 0.2) is 0 Å². The molecule has 0 spiro atoms. The third kappa shape index (κ3) is 129. The zero-order valence-corrected chi connectivity index (χ0v) is 11.6. The number of unbranched alkanes of at least 4 members (excludes halogenated alkanes) is 4. The second kappa shape index (κ2) is 19.5. The Hall–Kier alpha value is -0.0800. The largest absolute Gasteiger partial charge is 0.394 e. The molecule has 96 valence electrons. The van der Waals surface area contributed by atoms with Crippen molar-refractivity contribution in [3.05, 3.63) is 0 Å². The fourth-order valence-corrected chi connectivity index (χ4v) is 0.677. The average molecular weight is 220 g/mol. The van der Waals surface area contributed by atoms with E-state index in [4.69, 9.17) is 10.2 Å². The molecule has 0 aromatic rings. The molecule has 0 bridgehead atoms. The molecule has 0 fully saturated rings. The molecule has 0 rings (SSSR count). The molecule has 0 aliphatic carbocycles. The normalized spacial score (nSPS) is 9.20. The van der Waals surface area contributed by atoms with Gasteiger partial charge < -0.3 is 10.2 Å². The SMILES string of the molecule is CC(C)O.CC(C)O.CCCCCCC. The molecule has 15 heavy (non-hydrogen) atoms. The molecule has 0 aromatic carbocycles. The maximum Gasteiger partial charge on any atom is 0.0483 e. The van der Waals surface area contributed by atoms with Crippen LogP contribution in [0.5, 0.6) is 0 Å². The summed E-state index contributed by atoms with van der Waals surface area (Å²) in [5.41, 5.74) is 0. The van der Waals surface area contributed by atoms with E-state index in [1.54, 1.807) is 27.7 Å². The molecule has 0 heterocycles. The smallest absolute Gasteiger partial charge is 0.0483 e. The van der Waals surface area contributed by atoms with Gasteiger partial charge in [0.05, 0.1) is 0 Å². The molecule has 0 amide bonds. The zero-order chi connectivity index (χ0) is 12.7. The third-order valence-corrected chi connectivity index (χ3v) is 1.21. The van der Waals surface area contributed by atoms with Gasteiger partial charge in [-0.25, -0.2) is 0 Å². The van der Waals surface area contributed by atoms with Gasteiger partial charge in [-0.05, 0) is 27.7 Å². The van der Waals surface area contributed by atoms with Crippen LogP contribution in [0.2, 0.25) is 0 Å². The molecule has 0 radical (unpaired) electrons. The van der Waals surface area contributed by atoms with Crippen LogP contribution in [-0.2, 0) is 0 Å². The summed E-state index contributed by atoms with van der Waals surface area (Å²) < 4.78 is 0. The van der Waals surface area contributed by atoms with Crippen molar-refractivity contribution >= 4 is 0 Å². The first-order valence-corrected chi connectivity index (χ1v) is 6.24. The van der Waals surface area contributed by atoms with Gasteiger partial charge in [-0.3, -0.25) is 0 Å². The first-order valence-electron chi connectivity index (χ1n) is 6.24. The highest BCUT2D eigenvalue weighted by molar-refractivity contribution is 4.35. The molecular weight excluding hydrogens is 188 g/mol. The Morgan fingerprint density at radius 2 is 0.867 bits per heavy atom. The Balaban J connectivity index is -0.000000155. The predicted octanol–water partition coefficient (Wildman–Crippen LogP) is 3.75. The van der Waals surface area contributed by atoms with E-state index in [0.29, 0.717) is 0 Å². The van der Waals surface area contributed by atoms with Crippen LogP contribution in [0.1, 0.15) is 73.6 Å². The molecule has 0 saturated heterocycles.